The summed E-state index contributed by atoms with van der Waals surface area (Å²) in [5, 5.41) is 2.61. The van der Waals surface area contributed by atoms with Gasteiger partial charge in [-0.25, -0.2) is 4.39 Å². The number of carbonyl (C=O) groups excluding carboxylic acids is 1. The number of nitrogens with one attached hydrogen (secondary N) is 1. The molecular formula is C15H23ClFN3O. The molecule has 0 aliphatic carbocycles. The van der Waals surface area contributed by atoms with E-state index in [0.29, 0.717) is 12.3 Å². The number of para-hydroxylation sites is 1. The number of nitrogens with zero attached hydrogens (tertiary/aromatic N) is 1. The van der Waals surface area contributed by atoms with Gasteiger partial charge in [0.1, 0.15) is 5.82 Å². The lowest BCUT2D eigenvalue weighted by Gasteiger charge is -2.31. The van der Waals surface area contributed by atoms with E-state index in [-0.39, 0.29) is 24.0 Å². The number of hydrogen-bond donors (Lipinski definition) is 2. The summed E-state index contributed by atoms with van der Waals surface area (Å²) in [6, 6.07) is 6.22. The fourth-order valence-electron chi connectivity index (χ4n) is 2.48. The first kappa shape index (κ1) is 17.9. The van der Waals surface area contributed by atoms with Gasteiger partial charge in [0.15, 0.2) is 0 Å². The molecule has 0 atom stereocenters. The summed E-state index contributed by atoms with van der Waals surface area (Å²) in [4.78, 5) is 14.1. The van der Waals surface area contributed by atoms with Crippen molar-refractivity contribution in [2.75, 3.05) is 31.5 Å². The van der Waals surface area contributed by atoms with Crippen LogP contribution in [0.1, 0.15) is 19.3 Å². The van der Waals surface area contributed by atoms with Gasteiger partial charge in [0.25, 0.3) is 0 Å². The Bertz CT molecular complexity index is 450. The fourth-order valence-corrected chi connectivity index (χ4v) is 2.48. The molecular weight excluding hydrogens is 293 g/mol. The number of benzene rings is 1. The molecule has 1 fully saturated rings. The third-order valence-electron chi connectivity index (χ3n) is 3.84. The van der Waals surface area contributed by atoms with Crippen LogP contribution >= 0.6 is 12.4 Å². The number of amides is 1. The van der Waals surface area contributed by atoms with Crippen LogP contribution in [0.4, 0.5) is 10.1 Å². The summed E-state index contributed by atoms with van der Waals surface area (Å²) in [5.41, 5.74) is 5.90. The minimum absolute atomic E-state index is 0. The summed E-state index contributed by atoms with van der Waals surface area (Å²) < 4.78 is 13.4. The monoisotopic (exact) mass is 315 g/mol. The molecule has 0 saturated carbocycles. The highest BCUT2D eigenvalue weighted by molar-refractivity contribution is 5.90. The Morgan fingerprint density at radius 1 is 1.33 bits per heavy atom. The molecule has 6 heteroatoms. The van der Waals surface area contributed by atoms with E-state index in [1.165, 1.54) is 6.07 Å². The van der Waals surface area contributed by atoms with Gasteiger partial charge in [0.05, 0.1) is 5.69 Å². The van der Waals surface area contributed by atoms with E-state index in [4.69, 9.17) is 5.73 Å². The predicted octanol–water partition coefficient (Wildman–Crippen LogP) is 2.25. The molecule has 0 unspecified atom stereocenters. The second kappa shape index (κ2) is 8.97. The van der Waals surface area contributed by atoms with E-state index < -0.39 is 5.82 Å². The number of carbonyl (C=O) groups is 1. The Morgan fingerprint density at radius 2 is 2.00 bits per heavy atom. The van der Waals surface area contributed by atoms with Crippen LogP contribution in [0.15, 0.2) is 24.3 Å². The third-order valence-corrected chi connectivity index (χ3v) is 3.84. The average Bonchev–Trinajstić information content (AvgIpc) is 2.48. The predicted molar refractivity (Wildman–Crippen MR) is 85.1 cm³/mol. The van der Waals surface area contributed by atoms with Crippen LogP contribution in [0.2, 0.25) is 0 Å². The minimum atomic E-state index is -0.399. The number of hydrogen-bond acceptors (Lipinski definition) is 3. The Balaban J connectivity index is 0.00000220. The van der Waals surface area contributed by atoms with Crippen molar-refractivity contribution in [3.8, 4) is 0 Å². The second-order valence-electron chi connectivity index (χ2n) is 5.30. The van der Waals surface area contributed by atoms with Crippen molar-refractivity contribution in [2.45, 2.75) is 19.3 Å². The van der Waals surface area contributed by atoms with E-state index >= 15 is 0 Å². The number of nitrogens with two attached hydrogens (primary N) is 1. The zero-order valence-electron chi connectivity index (χ0n) is 12.1. The lowest BCUT2D eigenvalue weighted by Crippen LogP contribution is -2.37. The Morgan fingerprint density at radius 3 is 2.62 bits per heavy atom. The number of halogens is 2. The van der Waals surface area contributed by atoms with Gasteiger partial charge in [0.2, 0.25) is 5.91 Å². The maximum atomic E-state index is 13.4. The molecule has 2 rings (SSSR count). The van der Waals surface area contributed by atoms with Crippen molar-refractivity contribution in [1.29, 1.82) is 0 Å². The molecule has 4 nitrogen and oxygen atoms in total. The second-order valence-corrected chi connectivity index (χ2v) is 5.30. The summed E-state index contributed by atoms with van der Waals surface area (Å²) >= 11 is 0. The highest BCUT2D eigenvalue weighted by atomic mass is 35.5. The molecule has 118 valence electrons. The molecule has 0 spiro atoms. The molecule has 1 heterocycles. The average molecular weight is 316 g/mol. The highest BCUT2D eigenvalue weighted by Gasteiger charge is 2.18. The van der Waals surface area contributed by atoms with Gasteiger partial charge >= 0.3 is 0 Å². The summed E-state index contributed by atoms with van der Waals surface area (Å²) in [6.45, 7) is 3.46. The summed E-state index contributed by atoms with van der Waals surface area (Å²) in [7, 11) is 0. The maximum Gasteiger partial charge on any atom is 0.225 e. The van der Waals surface area contributed by atoms with Crippen LogP contribution in [0.25, 0.3) is 0 Å². The van der Waals surface area contributed by atoms with Gasteiger partial charge in [0, 0.05) is 13.0 Å². The van der Waals surface area contributed by atoms with Crippen molar-refractivity contribution in [1.82, 2.24) is 4.90 Å². The molecule has 21 heavy (non-hydrogen) atoms. The Labute approximate surface area is 131 Å². The van der Waals surface area contributed by atoms with Gasteiger partial charge in [-0.1, -0.05) is 12.1 Å². The van der Waals surface area contributed by atoms with Crippen LogP contribution in [0.5, 0.6) is 0 Å². The topological polar surface area (TPSA) is 58.4 Å². The molecule has 0 radical (unpaired) electrons. The Hall–Kier alpha value is -1.17. The Kier molecular flexibility index (Phi) is 7.64. The van der Waals surface area contributed by atoms with Crippen LogP contribution in [-0.2, 0) is 4.79 Å². The summed E-state index contributed by atoms with van der Waals surface area (Å²) in [5.74, 6) is 0.0825. The third kappa shape index (κ3) is 5.61. The van der Waals surface area contributed by atoms with E-state index in [1.807, 2.05) is 0 Å². The molecule has 0 aromatic heterocycles. The van der Waals surface area contributed by atoms with Crippen LogP contribution in [-0.4, -0.2) is 37.0 Å². The van der Waals surface area contributed by atoms with E-state index in [9.17, 15) is 9.18 Å². The number of piperidine rings is 1. The van der Waals surface area contributed by atoms with Gasteiger partial charge in [-0.2, -0.15) is 0 Å². The van der Waals surface area contributed by atoms with E-state index in [2.05, 4.69) is 10.2 Å². The number of rotatable bonds is 5. The SMILES string of the molecule is Cl.NCC1CCN(CCC(=O)Nc2ccccc2F)CC1. The lowest BCUT2D eigenvalue weighted by molar-refractivity contribution is -0.116. The standard InChI is InChI=1S/C15H22FN3O.ClH/c16-13-3-1-2-4-14(13)18-15(20)7-10-19-8-5-12(11-17)6-9-19;/h1-4,12H,5-11,17H2,(H,18,20);1H. The summed E-state index contributed by atoms with van der Waals surface area (Å²) in [6.07, 6.45) is 2.60. The molecule has 1 amide bonds. The molecule has 1 aromatic rings. The highest BCUT2D eigenvalue weighted by Crippen LogP contribution is 2.16. The first-order valence-electron chi connectivity index (χ1n) is 7.16. The number of anilines is 1. The molecule has 1 saturated heterocycles. The van der Waals surface area contributed by atoms with Crippen molar-refractivity contribution in [3.05, 3.63) is 30.1 Å². The molecule has 0 bridgehead atoms. The molecule has 1 aliphatic rings. The van der Waals surface area contributed by atoms with Gasteiger partial charge in [-0.05, 0) is 50.5 Å². The maximum absolute atomic E-state index is 13.4. The van der Waals surface area contributed by atoms with Crippen LogP contribution in [0.3, 0.4) is 0 Å². The first-order chi connectivity index (χ1) is 9.69. The molecule has 1 aliphatic heterocycles. The van der Waals surface area contributed by atoms with E-state index in [1.54, 1.807) is 18.2 Å². The normalized spacial score (nSPS) is 16.3. The van der Waals surface area contributed by atoms with Crippen LogP contribution < -0.4 is 11.1 Å². The fraction of sp³-hybridized carbons (Fsp3) is 0.533. The lowest BCUT2D eigenvalue weighted by atomic mass is 9.97. The van der Waals surface area contributed by atoms with Crippen molar-refractivity contribution >= 4 is 24.0 Å². The largest absolute Gasteiger partial charge is 0.330 e. The molecule has 1 aromatic carbocycles. The van der Waals surface area contributed by atoms with Crippen LogP contribution in [0, 0.1) is 11.7 Å². The van der Waals surface area contributed by atoms with Gasteiger partial charge in [-0.3, -0.25) is 4.79 Å². The minimum Gasteiger partial charge on any atom is -0.330 e. The zero-order chi connectivity index (χ0) is 14.4. The molecule has 3 N–H and O–H groups in total. The van der Waals surface area contributed by atoms with Crippen molar-refractivity contribution in [3.63, 3.8) is 0 Å². The van der Waals surface area contributed by atoms with Gasteiger partial charge < -0.3 is 16.0 Å². The quantitative estimate of drug-likeness (QED) is 0.876. The van der Waals surface area contributed by atoms with Gasteiger partial charge in [-0.15, -0.1) is 12.4 Å². The first-order valence-corrected chi connectivity index (χ1v) is 7.16. The smallest absolute Gasteiger partial charge is 0.225 e. The van der Waals surface area contributed by atoms with Crippen molar-refractivity contribution < 1.29 is 9.18 Å². The van der Waals surface area contributed by atoms with Crippen molar-refractivity contribution in [2.24, 2.45) is 11.7 Å². The van der Waals surface area contributed by atoms with E-state index in [0.717, 1.165) is 39.0 Å². The number of likely N-dealkylation sites (tertiary alicyclic amines) is 1. The zero-order valence-corrected chi connectivity index (χ0v) is 12.9.